The SMILES string of the molecule is O=C(O)c1csc(CNc2nccc3ccc(O)cc23)n1. The quantitative estimate of drug-likeness (QED) is 0.686. The summed E-state index contributed by atoms with van der Waals surface area (Å²) in [6.45, 7) is 0.375. The van der Waals surface area contributed by atoms with Crippen molar-refractivity contribution in [3.8, 4) is 5.75 Å². The number of hydrogen-bond donors (Lipinski definition) is 3. The topological polar surface area (TPSA) is 95.3 Å². The van der Waals surface area contributed by atoms with Crippen molar-refractivity contribution in [1.82, 2.24) is 9.97 Å². The number of carboxylic acids is 1. The molecule has 2 heterocycles. The molecule has 3 aromatic rings. The van der Waals surface area contributed by atoms with Crippen LogP contribution in [0.15, 0.2) is 35.8 Å². The van der Waals surface area contributed by atoms with Gasteiger partial charge in [-0.05, 0) is 23.6 Å². The Morgan fingerprint density at radius 1 is 1.33 bits per heavy atom. The third-order valence-corrected chi connectivity index (χ3v) is 3.78. The number of benzene rings is 1. The summed E-state index contributed by atoms with van der Waals surface area (Å²) in [5, 5.41) is 25.4. The van der Waals surface area contributed by atoms with Gasteiger partial charge in [0.2, 0.25) is 0 Å². The number of pyridine rings is 1. The van der Waals surface area contributed by atoms with Gasteiger partial charge < -0.3 is 15.5 Å². The van der Waals surface area contributed by atoms with E-state index in [9.17, 15) is 9.90 Å². The maximum absolute atomic E-state index is 10.8. The zero-order valence-electron chi connectivity index (χ0n) is 10.8. The summed E-state index contributed by atoms with van der Waals surface area (Å²) in [7, 11) is 0. The number of hydrogen-bond acceptors (Lipinski definition) is 6. The molecule has 0 radical (unpaired) electrons. The van der Waals surface area contributed by atoms with Gasteiger partial charge in [0.05, 0.1) is 6.54 Å². The minimum Gasteiger partial charge on any atom is -0.508 e. The maximum atomic E-state index is 10.8. The van der Waals surface area contributed by atoms with Gasteiger partial charge in [-0.25, -0.2) is 14.8 Å². The van der Waals surface area contributed by atoms with Crippen LogP contribution in [0.4, 0.5) is 5.82 Å². The van der Waals surface area contributed by atoms with Gasteiger partial charge in [0.1, 0.15) is 16.6 Å². The molecule has 2 aromatic heterocycles. The number of nitrogens with zero attached hydrogens (tertiary/aromatic N) is 2. The number of fused-ring (bicyclic) bond motifs is 1. The lowest BCUT2D eigenvalue weighted by atomic mass is 10.1. The van der Waals surface area contributed by atoms with Crippen molar-refractivity contribution in [1.29, 1.82) is 0 Å². The molecule has 0 bridgehead atoms. The second kappa shape index (κ2) is 5.37. The largest absolute Gasteiger partial charge is 0.508 e. The Hall–Kier alpha value is -2.67. The van der Waals surface area contributed by atoms with Crippen LogP contribution in [0.2, 0.25) is 0 Å². The van der Waals surface area contributed by atoms with Gasteiger partial charge in [0.25, 0.3) is 0 Å². The number of phenols is 1. The van der Waals surface area contributed by atoms with Gasteiger partial charge in [-0.15, -0.1) is 11.3 Å². The van der Waals surface area contributed by atoms with E-state index >= 15 is 0 Å². The monoisotopic (exact) mass is 301 g/mol. The lowest BCUT2D eigenvalue weighted by Gasteiger charge is -2.07. The molecule has 0 fully saturated rings. The molecule has 0 aliphatic rings. The van der Waals surface area contributed by atoms with Crippen molar-refractivity contribution >= 4 is 33.9 Å². The molecule has 3 N–H and O–H groups in total. The third kappa shape index (κ3) is 2.77. The Kier molecular flexibility index (Phi) is 3.41. The van der Waals surface area contributed by atoms with Gasteiger partial charge in [0, 0.05) is 17.0 Å². The van der Waals surface area contributed by atoms with Crippen molar-refractivity contribution in [2.75, 3.05) is 5.32 Å². The van der Waals surface area contributed by atoms with Crippen LogP contribution in [0.3, 0.4) is 0 Å². The molecule has 0 amide bonds. The fourth-order valence-corrected chi connectivity index (χ4v) is 2.65. The predicted molar refractivity (Wildman–Crippen MR) is 79.8 cm³/mol. The van der Waals surface area contributed by atoms with E-state index in [1.165, 1.54) is 16.7 Å². The molecule has 6 nitrogen and oxygen atoms in total. The first-order chi connectivity index (χ1) is 10.1. The van der Waals surface area contributed by atoms with E-state index in [0.717, 1.165) is 10.8 Å². The number of carbonyl (C=O) groups is 1. The second-order valence-electron chi connectivity index (χ2n) is 4.35. The highest BCUT2D eigenvalue weighted by molar-refractivity contribution is 7.09. The smallest absolute Gasteiger partial charge is 0.355 e. The molecule has 1 aromatic carbocycles. The Balaban J connectivity index is 1.84. The van der Waals surface area contributed by atoms with Gasteiger partial charge >= 0.3 is 5.97 Å². The summed E-state index contributed by atoms with van der Waals surface area (Å²) in [6, 6.07) is 6.91. The molecule has 0 aliphatic heterocycles. The standard InChI is InChI=1S/C14H11N3O3S/c18-9-2-1-8-3-4-15-13(10(8)5-9)16-6-12-17-11(7-21-12)14(19)20/h1-5,7,18H,6H2,(H,15,16)(H,19,20). The molecule has 3 rings (SSSR count). The average molecular weight is 301 g/mol. The van der Waals surface area contributed by atoms with Crippen LogP contribution in [-0.4, -0.2) is 26.2 Å². The highest BCUT2D eigenvalue weighted by Crippen LogP contribution is 2.25. The number of aromatic carboxylic acids is 1. The first-order valence-corrected chi connectivity index (χ1v) is 7.01. The number of aromatic nitrogens is 2. The zero-order valence-corrected chi connectivity index (χ0v) is 11.6. The molecular weight excluding hydrogens is 290 g/mol. The van der Waals surface area contributed by atoms with E-state index in [0.29, 0.717) is 17.4 Å². The van der Waals surface area contributed by atoms with Crippen LogP contribution in [0, 0.1) is 0 Å². The molecule has 106 valence electrons. The lowest BCUT2D eigenvalue weighted by molar-refractivity contribution is 0.0691. The van der Waals surface area contributed by atoms with Crippen LogP contribution in [0.1, 0.15) is 15.5 Å². The average Bonchev–Trinajstić information content (AvgIpc) is 2.94. The Morgan fingerprint density at radius 2 is 2.19 bits per heavy atom. The summed E-state index contributed by atoms with van der Waals surface area (Å²) in [4.78, 5) is 19.0. The molecule has 0 spiro atoms. The number of carboxylic acid groups (broad SMARTS) is 1. The highest BCUT2D eigenvalue weighted by Gasteiger charge is 2.09. The zero-order chi connectivity index (χ0) is 14.8. The number of rotatable bonds is 4. The molecule has 0 saturated carbocycles. The van der Waals surface area contributed by atoms with Crippen LogP contribution in [-0.2, 0) is 6.54 Å². The maximum Gasteiger partial charge on any atom is 0.355 e. The van der Waals surface area contributed by atoms with E-state index < -0.39 is 5.97 Å². The number of thiazole rings is 1. The Morgan fingerprint density at radius 3 is 2.95 bits per heavy atom. The summed E-state index contributed by atoms with van der Waals surface area (Å²) < 4.78 is 0. The fourth-order valence-electron chi connectivity index (χ4n) is 1.95. The number of nitrogens with one attached hydrogen (secondary N) is 1. The van der Waals surface area contributed by atoms with Gasteiger partial charge in [-0.2, -0.15) is 0 Å². The summed E-state index contributed by atoms with van der Waals surface area (Å²) >= 11 is 1.27. The number of aromatic hydroxyl groups is 1. The van der Waals surface area contributed by atoms with Crippen LogP contribution >= 0.6 is 11.3 Å². The molecule has 0 unspecified atom stereocenters. The Bertz CT molecular complexity index is 816. The van der Waals surface area contributed by atoms with Crippen molar-refractivity contribution < 1.29 is 15.0 Å². The minimum atomic E-state index is -1.04. The van der Waals surface area contributed by atoms with E-state index in [2.05, 4.69) is 15.3 Å². The molecular formula is C14H11N3O3S. The predicted octanol–water partition coefficient (Wildman–Crippen LogP) is 2.71. The van der Waals surface area contributed by atoms with Crippen LogP contribution < -0.4 is 5.32 Å². The normalized spacial score (nSPS) is 10.7. The van der Waals surface area contributed by atoms with Gasteiger partial charge in [-0.3, -0.25) is 0 Å². The van der Waals surface area contributed by atoms with Gasteiger partial charge in [-0.1, -0.05) is 6.07 Å². The van der Waals surface area contributed by atoms with Gasteiger partial charge in [0.15, 0.2) is 5.69 Å². The van der Waals surface area contributed by atoms with Crippen molar-refractivity contribution in [3.05, 3.63) is 46.5 Å². The van der Waals surface area contributed by atoms with E-state index in [4.69, 9.17) is 5.11 Å². The van der Waals surface area contributed by atoms with Crippen LogP contribution in [0.25, 0.3) is 10.8 Å². The molecule has 0 saturated heterocycles. The Labute approximate surface area is 123 Å². The first kappa shape index (κ1) is 13.3. The van der Waals surface area contributed by atoms with Crippen LogP contribution in [0.5, 0.6) is 5.75 Å². The molecule has 7 heteroatoms. The molecule has 0 atom stereocenters. The highest BCUT2D eigenvalue weighted by atomic mass is 32.1. The minimum absolute atomic E-state index is 0.0420. The van der Waals surface area contributed by atoms with E-state index in [-0.39, 0.29) is 11.4 Å². The van der Waals surface area contributed by atoms with Crippen molar-refractivity contribution in [2.45, 2.75) is 6.54 Å². The van der Waals surface area contributed by atoms with E-state index in [1.54, 1.807) is 18.3 Å². The second-order valence-corrected chi connectivity index (χ2v) is 5.29. The summed E-state index contributed by atoms with van der Waals surface area (Å²) in [5.41, 5.74) is 0.0420. The molecule has 21 heavy (non-hydrogen) atoms. The first-order valence-electron chi connectivity index (χ1n) is 6.13. The third-order valence-electron chi connectivity index (χ3n) is 2.93. The fraction of sp³-hybridized carbons (Fsp3) is 0.0714. The molecule has 0 aliphatic carbocycles. The summed E-state index contributed by atoms with van der Waals surface area (Å²) in [5.74, 6) is -0.248. The lowest BCUT2D eigenvalue weighted by Crippen LogP contribution is -2.03. The number of phenolic OH excluding ortho intramolecular Hbond substituents is 1. The van der Waals surface area contributed by atoms with E-state index in [1.807, 2.05) is 12.1 Å². The number of anilines is 1. The van der Waals surface area contributed by atoms with Crippen molar-refractivity contribution in [3.63, 3.8) is 0 Å². The summed E-state index contributed by atoms with van der Waals surface area (Å²) in [6.07, 6.45) is 1.67. The van der Waals surface area contributed by atoms with Crippen molar-refractivity contribution in [2.24, 2.45) is 0 Å².